The standard InChI is InChI=1S/C26H41N3O4S/c1-2-28(20-24-21-29(26(30)33-24)23-11-7-4-3-5-8-12-23)34(31,32)25-15-13-22(14-16-25)19-27-17-9-6-10-18-27/h13-16,23-24H,2-12,17-21H2,1H3/t24-/m1/s1. The van der Waals surface area contributed by atoms with E-state index in [9.17, 15) is 13.2 Å². The summed E-state index contributed by atoms with van der Waals surface area (Å²) in [6, 6.07) is 7.53. The fourth-order valence-electron chi connectivity index (χ4n) is 5.60. The summed E-state index contributed by atoms with van der Waals surface area (Å²) in [6.45, 7) is 5.95. The molecule has 1 aliphatic carbocycles. The number of piperidine rings is 1. The molecule has 3 fully saturated rings. The van der Waals surface area contributed by atoms with Gasteiger partial charge in [0.2, 0.25) is 10.0 Å². The van der Waals surface area contributed by atoms with E-state index in [1.807, 2.05) is 24.0 Å². The second-order valence-electron chi connectivity index (χ2n) is 10.1. The summed E-state index contributed by atoms with van der Waals surface area (Å²) in [6.07, 6.45) is 11.1. The lowest BCUT2D eigenvalue weighted by Gasteiger charge is -2.28. The van der Waals surface area contributed by atoms with Crippen molar-refractivity contribution < 1.29 is 17.9 Å². The van der Waals surface area contributed by atoms with Crippen LogP contribution in [0.5, 0.6) is 0 Å². The fraction of sp³-hybridized carbons (Fsp3) is 0.731. The van der Waals surface area contributed by atoms with E-state index in [-0.39, 0.29) is 18.7 Å². The first-order valence-electron chi connectivity index (χ1n) is 13.3. The Kier molecular flexibility index (Phi) is 8.88. The summed E-state index contributed by atoms with van der Waals surface area (Å²) in [5, 5.41) is 0. The van der Waals surface area contributed by atoms with E-state index in [2.05, 4.69) is 4.90 Å². The van der Waals surface area contributed by atoms with Crippen LogP contribution in [0, 0.1) is 0 Å². The first kappa shape index (κ1) is 25.5. The fourth-order valence-corrected chi connectivity index (χ4v) is 7.08. The molecular weight excluding hydrogens is 450 g/mol. The van der Waals surface area contributed by atoms with Crippen LogP contribution in [0.2, 0.25) is 0 Å². The van der Waals surface area contributed by atoms with Gasteiger partial charge < -0.3 is 9.64 Å². The molecule has 1 aromatic carbocycles. The Hall–Kier alpha value is -1.64. The van der Waals surface area contributed by atoms with E-state index < -0.39 is 16.1 Å². The third-order valence-corrected chi connectivity index (χ3v) is 9.55. The van der Waals surface area contributed by atoms with Gasteiger partial charge in [-0.25, -0.2) is 13.2 Å². The van der Waals surface area contributed by atoms with E-state index in [1.54, 1.807) is 12.1 Å². The van der Waals surface area contributed by atoms with Crippen LogP contribution in [0.15, 0.2) is 29.2 Å². The molecule has 2 heterocycles. The molecule has 0 N–H and O–H groups in total. The molecule has 0 bridgehead atoms. The Morgan fingerprint density at radius 3 is 2.21 bits per heavy atom. The Balaban J connectivity index is 1.36. The van der Waals surface area contributed by atoms with E-state index in [0.717, 1.165) is 50.9 Å². The van der Waals surface area contributed by atoms with Crippen LogP contribution in [0.3, 0.4) is 0 Å². The average molecular weight is 492 g/mol. The molecule has 34 heavy (non-hydrogen) atoms. The van der Waals surface area contributed by atoms with Crippen LogP contribution >= 0.6 is 0 Å². The minimum atomic E-state index is -3.65. The number of amides is 1. The van der Waals surface area contributed by atoms with Crippen LogP contribution in [0.1, 0.15) is 76.7 Å². The molecule has 1 atom stereocenters. The van der Waals surface area contributed by atoms with Crippen molar-refractivity contribution >= 4 is 16.1 Å². The largest absolute Gasteiger partial charge is 0.443 e. The van der Waals surface area contributed by atoms with Crippen molar-refractivity contribution in [1.29, 1.82) is 0 Å². The minimum absolute atomic E-state index is 0.198. The molecule has 0 radical (unpaired) electrons. The molecular formula is C26H41N3O4S. The van der Waals surface area contributed by atoms with Gasteiger partial charge in [0, 0.05) is 19.1 Å². The molecule has 1 aromatic rings. The maximum absolute atomic E-state index is 13.4. The highest BCUT2D eigenvalue weighted by molar-refractivity contribution is 7.89. The quantitative estimate of drug-likeness (QED) is 0.531. The van der Waals surface area contributed by atoms with Gasteiger partial charge in [-0.3, -0.25) is 4.90 Å². The highest BCUT2D eigenvalue weighted by atomic mass is 32.2. The number of likely N-dealkylation sites (tertiary alicyclic amines) is 1. The van der Waals surface area contributed by atoms with Gasteiger partial charge in [0.25, 0.3) is 0 Å². The monoisotopic (exact) mass is 491 g/mol. The van der Waals surface area contributed by atoms with Gasteiger partial charge >= 0.3 is 6.09 Å². The SMILES string of the molecule is CCN(C[C@@H]1CN(C2CCCCCCC2)C(=O)O1)S(=O)(=O)c1ccc(CN2CCCCC2)cc1. The number of sulfonamides is 1. The zero-order chi connectivity index (χ0) is 24.0. The maximum Gasteiger partial charge on any atom is 0.410 e. The molecule has 4 rings (SSSR count). The molecule has 0 aromatic heterocycles. The normalized spacial score (nSPS) is 23.6. The van der Waals surface area contributed by atoms with Crippen LogP contribution in [0.25, 0.3) is 0 Å². The topological polar surface area (TPSA) is 70.2 Å². The number of carbonyl (C=O) groups is 1. The zero-order valence-electron chi connectivity index (χ0n) is 20.7. The number of hydrogen-bond donors (Lipinski definition) is 0. The van der Waals surface area contributed by atoms with E-state index in [0.29, 0.717) is 18.0 Å². The minimum Gasteiger partial charge on any atom is -0.443 e. The predicted octanol–water partition coefficient (Wildman–Crippen LogP) is 4.62. The van der Waals surface area contributed by atoms with Crippen molar-refractivity contribution in [2.24, 2.45) is 0 Å². The maximum atomic E-state index is 13.4. The highest BCUT2D eigenvalue weighted by Gasteiger charge is 2.38. The van der Waals surface area contributed by atoms with Crippen LogP contribution in [0.4, 0.5) is 4.79 Å². The smallest absolute Gasteiger partial charge is 0.410 e. The number of ether oxygens (including phenoxy) is 1. The van der Waals surface area contributed by atoms with Crippen LogP contribution < -0.4 is 0 Å². The average Bonchev–Trinajstić information content (AvgIpc) is 3.18. The Morgan fingerprint density at radius 2 is 1.56 bits per heavy atom. The van der Waals surface area contributed by atoms with Crippen molar-refractivity contribution in [3.63, 3.8) is 0 Å². The Morgan fingerprint density at radius 1 is 0.941 bits per heavy atom. The van der Waals surface area contributed by atoms with E-state index in [1.165, 1.54) is 42.8 Å². The second-order valence-corrected chi connectivity index (χ2v) is 12.0. The molecule has 7 nitrogen and oxygen atoms in total. The van der Waals surface area contributed by atoms with Gasteiger partial charge in [-0.1, -0.05) is 57.6 Å². The number of carbonyl (C=O) groups excluding carboxylic acids is 1. The van der Waals surface area contributed by atoms with Gasteiger partial charge in [-0.2, -0.15) is 4.31 Å². The lowest BCUT2D eigenvalue weighted by atomic mass is 9.96. The first-order valence-corrected chi connectivity index (χ1v) is 14.7. The number of benzene rings is 1. The van der Waals surface area contributed by atoms with E-state index in [4.69, 9.17) is 4.74 Å². The van der Waals surface area contributed by atoms with Gasteiger partial charge in [0.05, 0.1) is 18.0 Å². The Bertz CT molecular complexity index is 891. The summed E-state index contributed by atoms with van der Waals surface area (Å²) >= 11 is 0. The lowest BCUT2D eigenvalue weighted by Crippen LogP contribution is -2.40. The van der Waals surface area contributed by atoms with Gasteiger partial charge in [0.15, 0.2) is 0 Å². The zero-order valence-corrected chi connectivity index (χ0v) is 21.5. The first-order chi connectivity index (χ1) is 16.5. The molecule has 8 heteroatoms. The Labute approximate surface area is 205 Å². The van der Waals surface area contributed by atoms with Gasteiger partial charge in [-0.05, 0) is 56.5 Å². The van der Waals surface area contributed by atoms with Crippen molar-refractivity contribution in [1.82, 2.24) is 14.1 Å². The molecule has 190 valence electrons. The predicted molar refractivity (Wildman–Crippen MR) is 133 cm³/mol. The van der Waals surface area contributed by atoms with Gasteiger partial charge in [0.1, 0.15) is 6.10 Å². The summed E-state index contributed by atoms with van der Waals surface area (Å²) in [4.78, 5) is 17.2. The molecule has 2 saturated heterocycles. The number of rotatable bonds is 8. The molecule has 1 amide bonds. The van der Waals surface area contributed by atoms with Gasteiger partial charge in [-0.15, -0.1) is 0 Å². The third kappa shape index (κ3) is 6.32. The summed E-state index contributed by atoms with van der Waals surface area (Å²) in [5.41, 5.74) is 1.14. The summed E-state index contributed by atoms with van der Waals surface area (Å²) < 4.78 is 33.8. The molecule has 3 aliphatic rings. The van der Waals surface area contributed by atoms with Crippen LogP contribution in [-0.2, 0) is 21.3 Å². The summed E-state index contributed by atoms with van der Waals surface area (Å²) in [7, 11) is -3.65. The lowest BCUT2D eigenvalue weighted by molar-refractivity contribution is 0.118. The van der Waals surface area contributed by atoms with Crippen LogP contribution in [-0.4, -0.2) is 73.5 Å². The molecule has 2 aliphatic heterocycles. The third-order valence-electron chi connectivity index (χ3n) is 7.59. The molecule has 0 unspecified atom stereocenters. The van der Waals surface area contributed by atoms with Crippen molar-refractivity contribution in [3.05, 3.63) is 29.8 Å². The molecule has 0 spiro atoms. The second kappa shape index (κ2) is 11.9. The van der Waals surface area contributed by atoms with E-state index >= 15 is 0 Å². The summed E-state index contributed by atoms with van der Waals surface area (Å²) in [5.74, 6) is 0. The number of hydrogen-bond acceptors (Lipinski definition) is 5. The number of likely N-dealkylation sites (N-methyl/N-ethyl adjacent to an activating group) is 1. The van der Waals surface area contributed by atoms with Crippen molar-refractivity contribution in [2.75, 3.05) is 32.7 Å². The van der Waals surface area contributed by atoms with Crippen molar-refractivity contribution in [2.45, 2.75) is 94.7 Å². The molecule has 1 saturated carbocycles. The number of cyclic esters (lactones) is 1. The number of nitrogens with zero attached hydrogens (tertiary/aromatic N) is 3. The highest BCUT2D eigenvalue weighted by Crippen LogP contribution is 2.27. The van der Waals surface area contributed by atoms with Crippen molar-refractivity contribution in [3.8, 4) is 0 Å².